The van der Waals surface area contributed by atoms with E-state index in [9.17, 15) is 14.0 Å². The van der Waals surface area contributed by atoms with E-state index in [0.29, 0.717) is 56.3 Å². The normalized spacial score (nSPS) is 13.8. The van der Waals surface area contributed by atoms with Gasteiger partial charge in [-0.15, -0.1) is 0 Å². The Morgan fingerprint density at radius 2 is 1.48 bits per heavy atom. The molecule has 1 aliphatic heterocycles. The standard InChI is InChI=1S/C25H27FN4O3/c26-21-11-9-20(10-12-21)25-27-22(33-28-25)13-14-24(32)30-17-15-29(16-18-30)23(31)8-4-7-19-5-2-1-3-6-19/h1-3,5-6,9-12H,4,7-8,13-18H2. The zero-order valence-corrected chi connectivity index (χ0v) is 18.5. The minimum atomic E-state index is -0.331. The van der Waals surface area contributed by atoms with Crippen LogP contribution in [0.1, 0.15) is 30.7 Å². The lowest BCUT2D eigenvalue weighted by atomic mass is 10.1. The number of aromatic nitrogens is 2. The number of aryl methyl sites for hydroxylation is 2. The maximum absolute atomic E-state index is 13.1. The number of halogens is 1. The number of amides is 2. The summed E-state index contributed by atoms with van der Waals surface area (Å²) >= 11 is 0. The zero-order chi connectivity index (χ0) is 23.0. The van der Waals surface area contributed by atoms with Gasteiger partial charge in [-0.25, -0.2) is 4.39 Å². The monoisotopic (exact) mass is 450 g/mol. The number of nitrogens with zero attached hydrogens (tertiary/aromatic N) is 4. The van der Waals surface area contributed by atoms with Crippen molar-refractivity contribution in [1.82, 2.24) is 19.9 Å². The highest BCUT2D eigenvalue weighted by atomic mass is 19.1. The molecule has 1 aromatic heterocycles. The van der Waals surface area contributed by atoms with Gasteiger partial charge in [-0.3, -0.25) is 9.59 Å². The molecule has 1 aliphatic rings. The smallest absolute Gasteiger partial charge is 0.227 e. The molecule has 0 atom stereocenters. The third kappa shape index (κ3) is 6.25. The lowest BCUT2D eigenvalue weighted by molar-refractivity contribution is -0.139. The molecule has 0 aliphatic carbocycles. The van der Waals surface area contributed by atoms with Crippen LogP contribution in [0, 0.1) is 5.82 Å². The second-order valence-electron chi connectivity index (χ2n) is 8.12. The Balaban J connectivity index is 1.17. The first-order valence-corrected chi connectivity index (χ1v) is 11.3. The van der Waals surface area contributed by atoms with Gasteiger partial charge in [0.2, 0.25) is 23.5 Å². The molecule has 0 saturated carbocycles. The first kappa shape index (κ1) is 22.6. The molecule has 1 fully saturated rings. The number of piperazine rings is 1. The zero-order valence-electron chi connectivity index (χ0n) is 18.5. The molecule has 1 saturated heterocycles. The Bertz CT molecular complexity index is 1060. The number of carbonyl (C=O) groups is 2. The molecule has 2 amide bonds. The molecule has 0 bridgehead atoms. The molecule has 3 aromatic rings. The number of hydrogen-bond acceptors (Lipinski definition) is 5. The maximum Gasteiger partial charge on any atom is 0.227 e. The van der Waals surface area contributed by atoms with Gasteiger partial charge < -0.3 is 14.3 Å². The van der Waals surface area contributed by atoms with Crippen molar-refractivity contribution in [2.75, 3.05) is 26.2 Å². The van der Waals surface area contributed by atoms with Crippen LogP contribution in [0.15, 0.2) is 59.1 Å². The van der Waals surface area contributed by atoms with Gasteiger partial charge in [0.25, 0.3) is 0 Å². The fourth-order valence-electron chi connectivity index (χ4n) is 3.90. The Morgan fingerprint density at radius 1 is 0.848 bits per heavy atom. The molecule has 0 unspecified atom stereocenters. The predicted molar refractivity (Wildman–Crippen MR) is 121 cm³/mol. The molecule has 0 spiro atoms. The summed E-state index contributed by atoms with van der Waals surface area (Å²) in [6.45, 7) is 2.19. The summed E-state index contributed by atoms with van der Waals surface area (Å²) in [6.07, 6.45) is 2.84. The summed E-state index contributed by atoms with van der Waals surface area (Å²) in [5.74, 6) is 0.568. The molecule has 172 valence electrons. The highest BCUT2D eigenvalue weighted by Crippen LogP contribution is 2.17. The summed E-state index contributed by atoms with van der Waals surface area (Å²) in [5, 5.41) is 3.90. The summed E-state index contributed by atoms with van der Waals surface area (Å²) in [4.78, 5) is 33.0. The van der Waals surface area contributed by atoms with E-state index < -0.39 is 0 Å². The van der Waals surface area contributed by atoms with Gasteiger partial charge in [-0.1, -0.05) is 35.5 Å². The number of hydrogen-bond donors (Lipinski definition) is 0. The van der Waals surface area contributed by atoms with Crippen LogP contribution >= 0.6 is 0 Å². The molecule has 0 N–H and O–H groups in total. The van der Waals surface area contributed by atoms with E-state index in [0.717, 1.165) is 12.8 Å². The fraction of sp³-hybridized carbons (Fsp3) is 0.360. The van der Waals surface area contributed by atoms with Crippen LogP contribution in [-0.2, 0) is 22.4 Å². The molecular weight excluding hydrogens is 423 g/mol. The minimum Gasteiger partial charge on any atom is -0.339 e. The van der Waals surface area contributed by atoms with Crippen molar-refractivity contribution in [2.24, 2.45) is 0 Å². The number of carbonyl (C=O) groups excluding carboxylic acids is 2. The topological polar surface area (TPSA) is 79.5 Å². The van der Waals surface area contributed by atoms with Crippen LogP contribution in [0.4, 0.5) is 4.39 Å². The molecule has 8 heteroatoms. The molecular formula is C25H27FN4O3. The molecule has 2 heterocycles. The molecule has 0 radical (unpaired) electrons. The number of rotatable bonds is 8. The van der Waals surface area contributed by atoms with Gasteiger partial charge in [-0.05, 0) is 42.7 Å². The van der Waals surface area contributed by atoms with Crippen molar-refractivity contribution < 1.29 is 18.5 Å². The Labute approximate surface area is 192 Å². The summed E-state index contributed by atoms with van der Waals surface area (Å²) < 4.78 is 18.3. The minimum absolute atomic E-state index is 0.00714. The first-order valence-electron chi connectivity index (χ1n) is 11.3. The molecule has 4 rings (SSSR count). The second kappa shape index (κ2) is 10.8. The lowest BCUT2D eigenvalue weighted by Crippen LogP contribution is -2.50. The summed E-state index contributed by atoms with van der Waals surface area (Å²) in [5.41, 5.74) is 1.90. The maximum atomic E-state index is 13.1. The Morgan fingerprint density at radius 3 is 2.15 bits per heavy atom. The fourth-order valence-corrected chi connectivity index (χ4v) is 3.90. The van der Waals surface area contributed by atoms with E-state index >= 15 is 0 Å². The summed E-state index contributed by atoms with van der Waals surface area (Å²) in [6, 6.07) is 16.0. The quantitative estimate of drug-likeness (QED) is 0.525. The van der Waals surface area contributed by atoms with E-state index in [1.165, 1.54) is 17.7 Å². The SMILES string of the molecule is O=C(CCCc1ccccc1)N1CCN(C(=O)CCc2nc(-c3ccc(F)cc3)no2)CC1. The van der Waals surface area contributed by atoms with Gasteiger partial charge in [0.1, 0.15) is 5.82 Å². The molecule has 7 nitrogen and oxygen atoms in total. The van der Waals surface area contributed by atoms with Crippen molar-refractivity contribution in [2.45, 2.75) is 32.1 Å². The van der Waals surface area contributed by atoms with E-state index in [1.807, 2.05) is 23.1 Å². The average molecular weight is 451 g/mol. The third-order valence-corrected chi connectivity index (χ3v) is 5.81. The van der Waals surface area contributed by atoms with Crippen molar-refractivity contribution >= 4 is 11.8 Å². The van der Waals surface area contributed by atoms with Crippen molar-refractivity contribution in [3.63, 3.8) is 0 Å². The summed E-state index contributed by atoms with van der Waals surface area (Å²) in [7, 11) is 0. The highest BCUT2D eigenvalue weighted by molar-refractivity contribution is 5.78. The average Bonchev–Trinajstić information content (AvgIpc) is 3.33. The van der Waals surface area contributed by atoms with Crippen LogP contribution in [0.25, 0.3) is 11.4 Å². The van der Waals surface area contributed by atoms with Gasteiger partial charge in [0.05, 0.1) is 0 Å². The van der Waals surface area contributed by atoms with Crippen LogP contribution in [0.2, 0.25) is 0 Å². The van der Waals surface area contributed by atoms with Gasteiger partial charge in [0.15, 0.2) is 0 Å². The van der Waals surface area contributed by atoms with Gasteiger partial charge >= 0.3 is 0 Å². The van der Waals surface area contributed by atoms with E-state index in [-0.39, 0.29) is 24.1 Å². The van der Waals surface area contributed by atoms with Crippen LogP contribution in [0.5, 0.6) is 0 Å². The van der Waals surface area contributed by atoms with Crippen LogP contribution in [0.3, 0.4) is 0 Å². The predicted octanol–water partition coefficient (Wildman–Crippen LogP) is 3.50. The van der Waals surface area contributed by atoms with Crippen LogP contribution in [-0.4, -0.2) is 57.9 Å². The van der Waals surface area contributed by atoms with E-state index in [2.05, 4.69) is 22.3 Å². The van der Waals surface area contributed by atoms with Crippen molar-refractivity contribution in [1.29, 1.82) is 0 Å². The number of benzene rings is 2. The van der Waals surface area contributed by atoms with E-state index in [4.69, 9.17) is 4.52 Å². The van der Waals surface area contributed by atoms with Gasteiger partial charge in [-0.2, -0.15) is 4.98 Å². The largest absolute Gasteiger partial charge is 0.339 e. The molecule has 2 aromatic carbocycles. The second-order valence-corrected chi connectivity index (χ2v) is 8.12. The highest BCUT2D eigenvalue weighted by Gasteiger charge is 2.24. The molecule has 33 heavy (non-hydrogen) atoms. The third-order valence-electron chi connectivity index (χ3n) is 5.81. The van der Waals surface area contributed by atoms with Crippen molar-refractivity contribution in [3.05, 3.63) is 71.9 Å². The lowest BCUT2D eigenvalue weighted by Gasteiger charge is -2.35. The Kier molecular flexibility index (Phi) is 7.44. The Hall–Kier alpha value is -3.55. The van der Waals surface area contributed by atoms with E-state index in [1.54, 1.807) is 17.0 Å². The van der Waals surface area contributed by atoms with Crippen LogP contribution < -0.4 is 0 Å². The van der Waals surface area contributed by atoms with Gasteiger partial charge in [0, 0.05) is 51.0 Å². The van der Waals surface area contributed by atoms with Crippen molar-refractivity contribution in [3.8, 4) is 11.4 Å². The first-order chi connectivity index (χ1) is 16.1.